The molecule has 0 aliphatic rings. The van der Waals surface area contributed by atoms with Gasteiger partial charge >= 0.3 is 6.09 Å². The van der Waals surface area contributed by atoms with Gasteiger partial charge in [0.15, 0.2) is 0 Å². The van der Waals surface area contributed by atoms with Crippen LogP contribution in [0.3, 0.4) is 0 Å². The average molecular weight is 338 g/mol. The van der Waals surface area contributed by atoms with Gasteiger partial charge in [0.1, 0.15) is 5.75 Å². The van der Waals surface area contributed by atoms with Crippen LogP contribution in [-0.2, 0) is 0 Å². The summed E-state index contributed by atoms with van der Waals surface area (Å²) < 4.78 is 7.40. The number of ether oxygens (including phenoxy) is 1. The molecule has 0 saturated heterocycles. The zero-order chi connectivity index (χ0) is 17.6. The Kier molecular flexibility index (Phi) is 5.18. The van der Waals surface area contributed by atoms with E-state index in [2.05, 4.69) is 26.9 Å². The van der Waals surface area contributed by atoms with E-state index >= 15 is 0 Å². The number of hydrogen-bond acceptors (Lipinski definition) is 4. The number of fused-ring (bicyclic) bond motifs is 1. The van der Waals surface area contributed by atoms with E-state index in [-0.39, 0.29) is 0 Å². The molecule has 1 N–H and O–H groups in total. The fourth-order valence-electron chi connectivity index (χ4n) is 2.76. The molecule has 2 aromatic heterocycles. The van der Waals surface area contributed by atoms with Gasteiger partial charge in [0.25, 0.3) is 0 Å². The summed E-state index contributed by atoms with van der Waals surface area (Å²) in [4.78, 5) is 15.7. The number of amides is 1. The van der Waals surface area contributed by atoms with E-state index in [9.17, 15) is 4.79 Å². The van der Waals surface area contributed by atoms with Crippen molar-refractivity contribution in [1.82, 2.24) is 15.0 Å². The molecule has 0 aliphatic carbocycles. The summed E-state index contributed by atoms with van der Waals surface area (Å²) in [7, 11) is 0. The van der Waals surface area contributed by atoms with Crippen LogP contribution in [0, 0.1) is 0 Å². The van der Waals surface area contributed by atoms with Gasteiger partial charge in [-0.05, 0) is 49.7 Å². The van der Waals surface area contributed by atoms with Crippen LogP contribution >= 0.6 is 0 Å². The number of rotatable bonds is 6. The Morgan fingerprint density at radius 2 is 2.00 bits per heavy atom. The van der Waals surface area contributed by atoms with Crippen LogP contribution in [0.2, 0.25) is 0 Å². The lowest BCUT2D eigenvalue weighted by molar-refractivity contribution is 0.201. The van der Waals surface area contributed by atoms with Crippen LogP contribution in [0.4, 0.5) is 10.5 Å². The fourth-order valence-corrected chi connectivity index (χ4v) is 2.76. The van der Waals surface area contributed by atoms with Crippen molar-refractivity contribution in [2.75, 3.05) is 18.1 Å². The zero-order valence-electron chi connectivity index (χ0n) is 14.5. The second kappa shape index (κ2) is 7.70. The van der Waals surface area contributed by atoms with Crippen molar-refractivity contribution in [3.8, 4) is 5.75 Å². The summed E-state index contributed by atoms with van der Waals surface area (Å²) in [5.74, 6) is 0.530. The largest absolute Gasteiger partial charge is 0.412 e. The maximum Gasteiger partial charge on any atom is 0.412 e. The standard InChI is InChI=1S/C19H22N4O2/c1-3-12-22(16-7-10-20-11-8-16)23-13-9-15-14-17(5-6-18(15)23)25-19(24)21-4-2/h5-11,13-14H,3-4,12H2,1-2H3,(H,21,24). The Bertz CT molecular complexity index is 845. The summed E-state index contributed by atoms with van der Waals surface area (Å²) in [6.45, 7) is 5.42. The highest BCUT2D eigenvalue weighted by molar-refractivity contribution is 5.83. The summed E-state index contributed by atoms with van der Waals surface area (Å²) in [5, 5.41) is 5.84. The molecule has 130 valence electrons. The third-order valence-corrected chi connectivity index (χ3v) is 3.83. The summed E-state index contributed by atoms with van der Waals surface area (Å²) in [6.07, 6.45) is 6.19. The number of aromatic nitrogens is 2. The predicted molar refractivity (Wildman–Crippen MR) is 98.9 cm³/mol. The summed E-state index contributed by atoms with van der Waals surface area (Å²) in [6, 6.07) is 11.7. The molecule has 0 bridgehead atoms. The van der Waals surface area contributed by atoms with Crippen molar-refractivity contribution < 1.29 is 9.53 Å². The molecule has 0 spiro atoms. The first-order valence-electron chi connectivity index (χ1n) is 8.47. The van der Waals surface area contributed by atoms with Gasteiger partial charge in [0.2, 0.25) is 0 Å². The minimum absolute atomic E-state index is 0.439. The minimum Gasteiger partial charge on any atom is -0.410 e. The Morgan fingerprint density at radius 3 is 2.72 bits per heavy atom. The lowest BCUT2D eigenvalue weighted by atomic mass is 10.2. The molecular weight excluding hydrogens is 316 g/mol. The van der Waals surface area contributed by atoms with E-state index in [1.165, 1.54) is 0 Å². The molecule has 0 radical (unpaired) electrons. The number of hydrogen-bond donors (Lipinski definition) is 1. The number of nitrogens with one attached hydrogen (secondary N) is 1. The molecule has 3 rings (SSSR count). The predicted octanol–water partition coefficient (Wildman–Crippen LogP) is 3.82. The maximum absolute atomic E-state index is 11.6. The smallest absolute Gasteiger partial charge is 0.410 e. The van der Waals surface area contributed by atoms with Crippen molar-refractivity contribution in [2.45, 2.75) is 20.3 Å². The normalized spacial score (nSPS) is 10.6. The fraction of sp³-hybridized carbons (Fsp3) is 0.263. The SMILES string of the molecule is CCCN(c1ccncc1)n1ccc2cc(OC(=O)NCC)ccc21. The topological polar surface area (TPSA) is 59.4 Å². The van der Waals surface area contributed by atoms with Crippen molar-refractivity contribution in [3.05, 3.63) is 55.0 Å². The minimum atomic E-state index is -0.439. The van der Waals surface area contributed by atoms with E-state index in [4.69, 9.17) is 4.74 Å². The third kappa shape index (κ3) is 3.74. The van der Waals surface area contributed by atoms with Gasteiger partial charge in [-0.25, -0.2) is 4.79 Å². The molecule has 0 atom stereocenters. The van der Waals surface area contributed by atoms with Gasteiger partial charge in [0, 0.05) is 37.1 Å². The molecule has 0 aliphatic heterocycles. The first-order chi connectivity index (χ1) is 12.2. The van der Waals surface area contributed by atoms with Crippen LogP contribution in [0.1, 0.15) is 20.3 Å². The molecule has 0 saturated carbocycles. The van der Waals surface area contributed by atoms with Gasteiger partial charge in [-0.2, -0.15) is 0 Å². The van der Waals surface area contributed by atoms with E-state index < -0.39 is 6.09 Å². The van der Waals surface area contributed by atoms with Crippen LogP contribution in [0.15, 0.2) is 55.0 Å². The molecule has 6 heteroatoms. The van der Waals surface area contributed by atoms with Gasteiger partial charge in [-0.15, -0.1) is 0 Å². The Hall–Kier alpha value is -3.02. The van der Waals surface area contributed by atoms with Gasteiger partial charge < -0.3 is 10.1 Å². The van der Waals surface area contributed by atoms with Gasteiger partial charge in [-0.3, -0.25) is 14.7 Å². The van der Waals surface area contributed by atoms with Crippen molar-refractivity contribution in [1.29, 1.82) is 0 Å². The molecule has 2 heterocycles. The molecule has 3 aromatic rings. The van der Waals surface area contributed by atoms with E-state index in [1.54, 1.807) is 12.4 Å². The third-order valence-electron chi connectivity index (χ3n) is 3.83. The highest BCUT2D eigenvalue weighted by atomic mass is 16.6. The Balaban J connectivity index is 1.93. The Labute approximate surface area is 147 Å². The number of pyridine rings is 1. The molecule has 25 heavy (non-hydrogen) atoms. The van der Waals surface area contributed by atoms with Gasteiger partial charge in [-0.1, -0.05) is 6.92 Å². The number of carbonyl (C=O) groups excluding carboxylic acids is 1. The number of carbonyl (C=O) groups is 1. The summed E-state index contributed by atoms with van der Waals surface area (Å²) in [5.41, 5.74) is 2.13. The van der Waals surface area contributed by atoms with Crippen molar-refractivity contribution in [2.24, 2.45) is 0 Å². The van der Waals surface area contributed by atoms with Crippen LogP contribution < -0.4 is 15.1 Å². The maximum atomic E-state index is 11.6. The zero-order valence-corrected chi connectivity index (χ0v) is 14.5. The molecule has 1 aromatic carbocycles. The van der Waals surface area contributed by atoms with E-state index in [0.29, 0.717) is 12.3 Å². The molecular formula is C19H22N4O2. The van der Waals surface area contributed by atoms with Crippen LogP contribution in [0.25, 0.3) is 10.9 Å². The van der Waals surface area contributed by atoms with Crippen molar-refractivity contribution >= 4 is 22.7 Å². The van der Waals surface area contributed by atoms with Crippen molar-refractivity contribution in [3.63, 3.8) is 0 Å². The average Bonchev–Trinajstić information content (AvgIpc) is 3.03. The molecule has 6 nitrogen and oxygen atoms in total. The number of benzene rings is 1. The van der Waals surface area contributed by atoms with E-state index in [0.717, 1.165) is 29.6 Å². The van der Waals surface area contributed by atoms with Gasteiger partial charge in [0.05, 0.1) is 11.2 Å². The second-order valence-corrected chi connectivity index (χ2v) is 5.63. The first kappa shape index (κ1) is 16.8. The second-order valence-electron chi connectivity index (χ2n) is 5.63. The highest BCUT2D eigenvalue weighted by Crippen LogP contribution is 2.25. The Morgan fingerprint density at radius 1 is 1.20 bits per heavy atom. The summed E-state index contributed by atoms with van der Waals surface area (Å²) >= 11 is 0. The monoisotopic (exact) mass is 338 g/mol. The lowest BCUT2D eigenvalue weighted by Crippen LogP contribution is -2.29. The number of anilines is 1. The molecule has 0 fully saturated rings. The quantitative estimate of drug-likeness (QED) is 0.742. The molecule has 1 amide bonds. The molecule has 0 unspecified atom stereocenters. The van der Waals surface area contributed by atoms with E-state index in [1.807, 2.05) is 49.5 Å². The highest BCUT2D eigenvalue weighted by Gasteiger charge is 2.12. The van der Waals surface area contributed by atoms with Crippen LogP contribution in [-0.4, -0.2) is 28.8 Å². The first-order valence-corrected chi connectivity index (χ1v) is 8.47. The number of nitrogens with zero attached hydrogens (tertiary/aromatic N) is 3. The lowest BCUT2D eigenvalue weighted by Gasteiger charge is -2.26. The van der Waals surface area contributed by atoms with Crippen LogP contribution in [0.5, 0.6) is 5.75 Å².